The second kappa shape index (κ2) is 2.59. The molecule has 3 heteroatoms. The monoisotopic (exact) mass is 196 g/mol. The van der Waals surface area contributed by atoms with Gasteiger partial charge in [-0.1, -0.05) is 13.8 Å². The maximum absolute atomic E-state index is 11.8. The van der Waals surface area contributed by atoms with Crippen molar-refractivity contribution in [2.75, 3.05) is 0 Å². The van der Waals surface area contributed by atoms with E-state index in [0.29, 0.717) is 12.3 Å². The molecule has 14 heavy (non-hydrogen) atoms. The summed E-state index contributed by atoms with van der Waals surface area (Å²) in [6.45, 7) is 3.93. The van der Waals surface area contributed by atoms with Crippen molar-refractivity contribution in [3.63, 3.8) is 0 Å². The fourth-order valence-corrected chi connectivity index (χ4v) is 3.41. The van der Waals surface area contributed by atoms with Gasteiger partial charge >= 0.3 is 5.97 Å². The summed E-state index contributed by atoms with van der Waals surface area (Å²) in [7, 11) is 0. The standard InChI is InChI=1S/C11H16O3/c1-10-4-3-7(5-8(10)12)11(10,2)6-9(13)14/h7H,3-6H2,1-2H3,(H,13,14)/t7-,10+,11+/m0/s1. The average molecular weight is 196 g/mol. The lowest BCUT2D eigenvalue weighted by atomic mass is 9.67. The number of rotatable bonds is 2. The van der Waals surface area contributed by atoms with Crippen LogP contribution in [0.15, 0.2) is 0 Å². The zero-order valence-electron chi connectivity index (χ0n) is 8.67. The van der Waals surface area contributed by atoms with E-state index in [1.165, 1.54) is 0 Å². The molecule has 0 amide bonds. The Morgan fingerprint density at radius 2 is 2.21 bits per heavy atom. The molecule has 0 heterocycles. The van der Waals surface area contributed by atoms with Gasteiger partial charge in [-0.15, -0.1) is 0 Å². The third-order valence-corrected chi connectivity index (χ3v) is 4.72. The smallest absolute Gasteiger partial charge is 0.303 e. The summed E-state index contributed by atoms with van der Waals surface area (Å²) in [5.41, 5.74) is -0.661. The minimum Gasteiger partial charge on any atom is -0.481 e. The molecule has 0 spiro atoms. The number of carbonyl (C=O) groups is 2. The first-order chi connectivity index (χ1) is 6.40. The topological polar surface area (TPSA) is 54.4 Å². The summed E-state index contributed by atoms with van der Waals surface area (Å²) in [5, 5.41) is 8.89. The summed E-state index contributed by atoms with van der Waals surface area (Å²) in [6.07, 6.45) is 2.63. The van der Waals surface area contributed by atoms with E-state index in [1.807, 2.05) is 13.8 Å². The molecule has 0 aromatic rings. The van der Waals surface area contributed by atoms with Gasteiger partial charge in [-0.2, -0.15) is 0 Å². The molecule has 0 saturated heterocycles. The van der Waals surface area contributed by atoms with Crippen LogP contribution in [0.5, 0.6) is 0 Å². The predicted octanol–water partition coefficient (Wildman–Crippen LogP) is 1.86. The molecule has 0 aromatic carbocycles. The summed E-state index contributed by atoms with van der Waals surface area (Å²) >= 11 is 0. The summed E-state index contributed by atoms with van der Waals surface area (Å²) in [4.78, 5) is 22.6. The number of carboxylic acid groups (broad SMARTS) is 1. The number of fused-ring (bicyclic) bond motifs is 2. The van der Waals surface area contributed by atoms with Crippen molar-refractivity contribution in [2.45, 2.75) is 39.5 Å². The van der Waals surface area contributed by atoms with Gasteiger partial charge in [0.15, 0.2) is 0 Å². The Morgan fingerprint density at radius 1 is 1.57 bits per heavy atom. The zero-order valence-corrected chi connectivity index (χ0v) is 8.67. The van der Waals surface area contributed by atoms with Crippen LogP contribution in [0, 0.1) is 16.7 Å². The van der Waals surface area contributed by atoms with Crippen LogP contribution in [-0.2, 0) is 9.59 Å². The van der Waals surface area contributed by atoms with Crippen molar-refractivity contribution >= 4 is 11.8 Å². The predicted molar refractivity (Wildman–Crippen MR) is 50.8 cm³/mol. The molecule has 0 aromatic heterocycles. The van der Waals surface area contributed by atoms with E-state index in [9.17, 15) is 9.59 Å². The van der Waals surface area contributed by atoms with Crippen LogP contribution in [0.1, 0.15) is 39.5 Å². The molecule has 1 N–H and O–H groups in total. The van der Waals surface area contributed by atoms with Crippen LogP contribution in [0.25, 0.3) is 0 Å². The van der Waals surface area contributed by atoms with Gasteiger partial charge < -0.3 is 5.11 Å². The van der Waals surface area contributed by atoms with Crippen molar-refractivity contribution in [3.05, 3.63) is 0 Å². The number of carboxylic acids is 1. The molecule has 2 rings (SSSR count). The SMILES string of the molecule is C[C@@]12CC[C@@H](CC1=O)[C@@]2(C)CC(=O)O. The van der Waals surface area contributed by atoms with Gasteiger partial charge in [0, 0.05) is 11.8 Å². The number of aliphatic carboxylic acids is 1. The van der Waals surface area contributed by atoms with Gasteiger partial charge in [-0.05, 0) is 24.2 Å². The molecule has 2 aliphatic rings. The van der Waals surface area contributed by atoms with Crippen molar-refractivity contribution in [2.24, 2.45) is 16.7 Å². The summed E-state index contributed by atoms with van der Waals surface area (Å²) < 4.78 is 0. The lowest BCUT2D eigenvalue weighted by molar-refractivity contribution is -0.142. The molecule has 0 aliphatic heterocycles. The Bertz CT molecular complexity index is 310. The van der Waals surface area contributed by atoms with Gasteiger partial charge in [0.25, 0.3) is 0 Å². The molecule has 2 saturated carbocycles. The van der Waals surface area contributed by atoms with Crippen LogP contribution in [0.3, 0.4) is 0 Å². The molecular formula is C11H16O3. The molecule has 2 fully saturated rings. The second-order valence-corrected chi connectivity index (χ2v) is 5.18. The van der Waals surface area contributed by atoms with Crippen LogP contribution in [-0.4, -0.2) is 16.9 Å². The highest BCUT2D eigenvalue weighted by molar-refractivity contribution is 5.90. The first-order valence-electron chi connectivity index (χ1n) is 5.15. The molecule has 2 aliphatic carbocycles. The van der Waals surface area contributed by atoms with Crippen LogP contribution in [0.2, 0.25) is 0 Å². The van der Waals surface area contributed by atoms with E-state index >= 15 is 0 Å². The van der Waals surface area contributed by atoms with Crippen LogP contribution >= 0.6 is 0 Å². The van der Waals surface area contributed by atoms with Crippen LogP contribution in [0.4, 0.5) is 0 Å². The van der Waals surface area contributed by atoms with Gasteiger partial charge in [0.2, 0.25) is 0 Å². The average Bonchev–Trinajstić information content (AvgIpc) is 2.37. The van der Waals surface area contributed by atoms with Crippen LogP contribution < -0.4 is 0 Å². The van der Waals surface area contributed by atoms with E-state index in [2.05, 4.69) is 0 Å². The number of Topliss-reactive ketones (excluding diaryl/α,β-unsaturated/α-hetero) is 1. The van der Waals surface area contributed by atoms with Gasteiger partial charge in [0.1, 0.15) is 5.78 Å². The molecular weight excluding hydrogens is 180 g/mol. The third-order valence-electron chi connectivity index (χ3n) is 4.72. The molecule has 2 bridgehead atoms. The number of carbonyl (C=O) groups excluding carboxylic acids is 1. The maximum Gasteiger partial charge on any atom is 0.303 e. The fourth-order valence-electron chi connectivity index (χ4n) is 3.41. The Labute approximate surface area is 83.5 Å². The Kier molecular flexibility index (Phi) is 1.79. The van der Waals surface area contributed by atoms with Gasteiger partial charge in [0.05, 0.1) is 6.42 Å². The van der Waals surface area contributed by atoms with E-state index in [0.717, 1.165) is 12.8 Å². The first kappa shape index (κ1) is 9.69. The quantitative estimate of drug-likeness (QED) is 0.733. The highest BCUT2D eigenvalue weighted by Gasteiger charge is 2.64. The number of hydrogen-bond donors (Lipinski definition) is 1. The molecule has 3 atom stereocenters. The lowest BCUT2D eigenvalue weighted by Gasteiger charge is -2.35. The molecule has 0 radical (unpaired) electrons. The van der Waals surface area contributed by atoms with Gasteiger partial charge in [-0.3, -0.25) is 9.59 Å². The number of hydrogen-bond acceptors (Lipinski definition) is 2. The van der Waals surface area contributed by atoms with Crippen molar-refractivity contribution in [1.82, 2.24) is 0 Å². The minimum atomic E-state index is -0.777. The van der Waals surface area contributed by atoms with Crippen molar-refractivity contribution in [3.8, 4) is 0 Å². The highest BCUT2D eigenvalue weighted by atomic mass is 16.4. The van der Waals surface area contributed by atoms with E-state index in [-0.39, 0.29) is 23.0 Å². The normalized spacial score (nSPS) is 45.9. The lowest BCUT2D eigenvalue weighted by Crippen LogP contribution is -2.36. The first-order valence-corrected chi connectivity index (χ1v) is 5.15. The zero-order chi connectivity index (χ0) is 10.6. The fraction of sp³-hybridized carbons (Fsp3) is 0.818. The molecule has 3 nitrogen and oxygen atoms in total. The Morgan fingerprint density at radius 3 is 2.57 bits per heavy atom. The summed E-state index contributed by atoms with van der Waals surface area (Å²) in [6, 6.07) is 0. The van der Waals surface area contributed by atoms with E-state index < -0.39 is 5.97 Å². The van der Waals surface area contributed by atoms with Crippen molar-refractivity contribution in [1.29, 1.82) is 0 Å². The van der Waals surface area contributed by atoms with E-state index in [1.54, 1.807) is 0 Å². The number of ketones is 1. The van der Waals surface area contributed by atoms with Gasteiger partial charge in [-0.25, -0.2) is 0 Å². The summed E-state index contributed by atoms with van der Waals surface area (Å²) in [5.74, 6) is -0.200. The van der Waals surface area contributed by atoms with Crippen molar-refractivity contribution < 1.29 is 14.7 Å². The second-order valence-electron chi connectivity index (χ2n) is 5.18. The Hall–Kier alpha value is -0.860. The third kappa shape index (κ3) is 0.928. The Balaban J connectivity index is 2.36. The minimum absolute atomic E-state index is 0.139. The largest absolute Gasteiger partial charge is 0.481 e. The molecule has 78 valence electrons. The maximum atomic E-state index is 11.8. The molecule has 0 unspecified atom stereocenters. The highest BCUT2D eigenvalue weighted by Crippen LogP contribution is 2.65. The van der Waals surface area contributed by atoms with E-state index in [4.69, 9.17) is 5.11 Å².